The Kier molecular flexibility index (Phi) is 5.45. The minimum atomic E-state index is -0.174. The van der Waals surface area contributed by atoms with Crippen molar-refractivity contribution in [3.63, 3.8) is 0 Å². The summed E-state index contributed by atoms with van der Waals surface area (Å²) in [5.41, 5.74) is 3.82. The van der Waals surface area contributed by atoms with Crippen molar-refractivity contribution in [3.05, 3.63) is 64.1 Å². The number of carbonyl (C=O) groups excluding carboxylic acids is 1. The number of amidine groups is 1. The zero-order valence-corrected chi connectivity index (χ0v) is 15.4. The normalized spacial score (nSPS) is 16.6. The third-order valence-corrected chi connectivity index (χ3v) is 4.73. The van der Waals surface area contributed by atoms with Crippen LogP contribution in [0, 0.1) is 26.2 Å². The molecule has 2 aromatic carbocycles. The number of nitrogens with zero attached hydrogens (tertiary/aromatic N) is 1. The average molecular weight is 362 g/mol. The van der Waals surface area contributed by atoms with Crippen LogP contribution in [0.1, 0.15) is 16.7 Å². The fourth-order valence-corrected chi connectivity index (χ4v) is 3.37. The van der Waals surface area contributed by atoms with Crippen molar-refractivity contribution in [2.45, 2.75) is 13.8 Å². The van der Waals surface area contributed by atoms with Gasteiger partial charge in [-0.2, -0.15) is 0 Å². The standard InChI is InChI=1S/C21H18N2O2S/c1-4-12-25-17-11-6-5-10-16(17)13-18-20(24)23-21(26-18)22-19-14(2)8-7-9-15(19)3/h1,5-11,13H,12H2,2-3H3,(H,22,23,24)/b18-13+. The Morgan fingerprint density at radius 2 is 1.92 bits per heavy atom. The number of carbonyl (C=O) groups is 1. The lowest BCUT2D eigenvalue weighted by molar-refractivity contribution is -0.115. The molecule has 1 saturated heterocycles. The van der Waals surface area contributed by atoms with E-state index in [9.17, 15) is 4.79 Å². The van der Waals surface area contributed by atoms with Gasteiger partial charge >= 0.3 is 0 Å². The van der Waals surface area contributed by atoms with E-state index in [0.717, 1.165) is 22.4 Å². The van der Waals surface area contributed by atoms with Crippen LogP contribution in [0.5, 0.6) is 5.75 Å². The highest BCUT2D eigenvalue weighted by Crippen LogP contribution is 2.32. The van der Waals surface area contributed by atoms with Crippen LogP contribution in [-0.4, -0.2) is 17.7 Å². The van der Waals surface area contributed by atoms with Gasteiger partial charge in [0.2, 0.25) is 0 Å². The van der Waals surface area contributed by atoms with Crippen molar-refractivity contribution in [2.75, 3.05) is 6.61 Å². The Bertz CT molecular complexity index is 934. The van der Waals surface area contributed by atoms with Crippen LogP contribution in [0.15, 0.2) is 52.4 Å². The summed E-state index contributed by atoms with van der Waals surface area (Å²) in [6, 6.07) is 13.5. The molecule has 0 saturated carbocycles. The van der Waals surface area contributed by atoms with Crippen LogP contribution in [0.25, 0.3) is 6.08 Å². The van der Waals surface area contributed by atoms with Crippen molar-refractivity contribution in [1.82, 2.24) is 5.32 Å². The maximum Gasteiger partial charge on any atom is 0.264 e. The second-order valence-electron chi connectivity index (χ2n) is 5.75. The molecule has 0 atom stereocenters. The monoisotopic (exact) mass is 362 g/mol. The molecule has 0 unspecified atom stereocenters. The third kappa shape index (κ3) is 3.98. The number of ether oxygens (including phenoxy) is 1. The van der Waals surface area contributed by atoms with Crippen LogP contribution in [0.2, 0.25) is 0 Å². The van der Waals surface area contributed by atoms with Gasteiger partial charge in [-0.05, 0) is 48.9 Å². The molecule has 26 heavy (non-hydrogen) atoms. The summed E-state index contributed by atoms with van der Waals surface area (Å²) in [5, 5.41) is 3.39. The fraction of sp³-hybridized carbons (Fsp3) is 0.143. The molecular weight excluding hydrogens is 344 g/mol. The van der Waals surface area contributed by atoms with Crippen molar-refractivity contribution in [3.8, 4) is 18.1 Å². The number of benzene rings is 2. The fourth-order valence-electron chi connectivity index (χ4n) is 2.56. The molecule has 4 nitrogen and oxygen atoms in total. The number of rotatable bonds is 4. The van der Waals surface area contributed by atoms with E-state index in [1.807, 2.05) is 56.3 Å². The van der Waals surface area contributed by atoms with E-state index in [2.05, 4.69) is 16.2 Å². The lowest BCUT2D eigenvalue weighted by Gasteiger charge is -2.06. The Balaban J connectivity index is 1.88. The van der Waals surface area contributed by atoms with E-state index in [4.69, 9.17) is 11.2 Å². The zero-order chi connectivity index (χ0) is 18.5. The molecule has 2 aromatic rings. The van der Waals surface area contributed by atoms with E-state index < -0.39 is 0 Å². The quantitative estimate of drug-likeness (QED) is 0.655. The van der Waals surface area contributed by atoms with Gasteiger partial charge in [0, 0.05) is 5.56 Å². The molecule has 0 aromatic heterocycles. The molecule has 130 valence electrons. The van der Waals surface area contributed by atoms with Gasteiger partial charge in [0.1, 0.15) is 12.4 Å². The average Bonchev–Trinajstić information content (AvgIpc) is 2.97. The molecule has 0 radical (unpaired) electrons. The zero-order valence-electron chi connectivity index (χ0n) is 14.6. The predicted octanol–water partition coefficient (Wildman–Crippen LogP) is 4.21. The first-order valence-electron chi connectivity index (χ1n) is 8.09. The minimum absolute atomic E-state index is 0.174. The predicted molar refractivity (Wildman–Crippen MR) is 107 cm³/mol. The van der Waals surface area contributed by atoms with E-state index in [-0.39, 0.29) is 12.5 Å². The van der Waals surface area contributed by atoms with Gasteiger partial charge in [-0.25, -0.2) is 4.99 Å². The van der Waals surface area contributed by atoms with Crippen molar-refractivity contribution in [1.29, 1.82) is 0 Å². The molecule has 0 spiro atoms. The summed E-state index contributed by atoms with van der Waals surface area (Å²) >= 11 is 1.31. The minimum Gasteiger partial charge on any atom is -0.480 e. The maximum absolute atomic E-state index is 12.3. The number of para-hydroxylation sites is 2. The van der Waals surface area contributed by atoms with Gasteiger partial charge in [-0.15, -0.1) is 6.42 Å². The van der Waals surface area contributed by atoms with Crippen LogP contribution < -0.4 is 10.1 Å². The third-order valence-electron chi connectivity index (χ3n) is 3.82. The Hall–Kier alpha value is -2.97. The van der Waals surface area contributed by atoms with Crippen LogP contribution in [0.3, 0.4) is 0 Å². The van der Waals surface area contributed by atoms with E-state index in [1.165, 1.54) is 11.8 Å². The molecule has 0 bridgehead atoms. The van der Waals surface area contributed by atoms with Crippen LogP contribution in [0.4, 0.5) is 5.69 Å². The largest absolute Gasteiger partial charge is 0.480 e. The molecule has 3 rings (SSSR count). The van der Waals surface area contributed by atoms with Gasteiger partial charge in [-0.3, -0.25) is 4.79 Å². The number of hydrogen-bond donors (Lipinski definition) is 1. The molecule has 1 aliphatic rings. The van der Waals surface area contributed by atoms with Gasteiger partial charge in [0.15, 0.2) is 5.17 Å². The summed E-state index contributed by atoms with van der Waals surface area (Å²) in [7, 11) is 0. The molecule has 1 N–H and O–H groups in total. The second-order valence-corrected chi connectivity index (χ2v) is 6.78. The first-order valence-corrected chi connectivity index (χ1v) is 8.91. The van der Waals surface area contributed by atoms with Crippen LogP contribution >= 0.6 is 11.8 Å². The van der Waals surface area contributed by atoms with Gasteiger partial charge in [0.25, 0.3) is 5.91 Å². The highest BCUT2D eigenvalue weighted by atomic mass is 32.2. The first kappa shape index (κ1) is 17.8. The first-order chi connectivity index (χ1) is 12.6. The van der Waals surface area contributed by atoms with Crippen LogP contribution in [-0.2, 0) is 4.79 Å². The number of terminal acetylenes is 1. The highest BCUT2D eigenvalue weighted by molar-refractivity contribution is 8.18. The number of nitrogens with one attached hydrogen (secondary N) is 1. The number of aliphatic imine (C=N–C) groups is 1. The summed E-state index contributed by atoms with van der Waals surface area (Å²) in [5.74, 6) is 2.91. The Labute approximate surface area is 157 Å². The van der Waals surface area contributed by atoms with E-state index in [1.54, 1.807) is 6.08 Å². The molecule has 1 aliphatic heterocycles. The van der Waals surface area contributed by atoms with Gasteiger partial charge in [-0.1, -0.05) is 42.3 Å². The summed E-state index contributed by atoms with van der Waals surface area (Å²) < 4.78 is 5.53. The Morgan fingerprint density at radius 3 is 2.65 bits per heavy atom. The number of aryl methyl sites for hydroxylation is 2. The van der Waals surface area contributed by atoms with Crippen molar-refractivity contribution >= 4 is 34.6 Å². The summed E-state index contributed by atoms with van der Waals surface area (Å²) in [4.78, 5) is 17.5. The van der Waals surface area contributed by atoms with Crippen molar-refractivity contribution in [2.24, 2.45) is 4.99 Å². The Morgan fingerprint density at radius 1 is 1.19 bits per heavy atom. The van der Waals surface area contributed by atoms with E-state index in [0.29, 0.717) is 15.8 Å². The van der Waals surface area contributed by atoms with E-state index >= 15 is 0 Å². The second kappa shape index (κ2) is 7.94. The molecule has 0 aliphatic carbocycles. The molecule has 1 amide bonds. The smallest absolute Gasteiger partial charge is 0.264 e. The summed E-state index contributed by atoms with van der Waals surface area (Å²) in [6.45, 7) is 4.19. The molecule has 5 heteroatoms. The van der Waals surface area contributed by atoms with Gasteiger partial charge in [0.05, 0.1) is 10.6 Å². The molecule has 1 heterocycles. The lowest BCUT2D eigenvalue weighted by Crippen LogP contribution is -2.19. The lowest BCUT2D eigenvalue weighted by atomic mass is 10.1. The van der Waals surface area contributed by atoms with Gasteiger partial charge < -0.3 is 10.1 Å². The molecular formula is C21H18N2O2S. The number of hydrogen-bond acceptors (Lipinski definition) is 4. The van der Waals surface area contributed by atoms with Crippen molar-refractivity contribution < 1.29 is 9.53 Å². The topological polar surface area (TPSA) is 50.7 Å². The summed E-state index contributed by atoms with van der Waals surface area (Å²) in [6.07, 6.45) is 7.04. The number of thioether (sulfide) groups is 1. The maximum atomic E-state index is 12.3. The molecule has 1 fully saturated rings. The highest BCUT2D eigenvalue weighted by Gasteiger charge is 2.24. The number of amides is 1. The SMILES string of the molecule is C#CCOc1ccccc1/C=C1/SC(=Nc2c(C)cccc2C)NC1=O.